The zero-order chi connectivity index (χ0) is 21.6. The van der Waals surface area contributed by atoms with Crippen molar-refractivity contribution in [2.45, 2.75) is 52.1 Å². The number of hydrogen-bond donors (Lipinski definition) is 1. The molecule has 31 heavy (non-hydrogen) atoms. The molecule has 4 heteroatoms. The van der Waals surface area contributed by atoms with E-state index in [4.69, 9.17) is 0 Å². The fraction of sp³-hybridized carbons (Fsp3) is 0.519. The third kappa shape index (κ3) is 5.88. The standard InChI is InChI=1S/C27H37N3O/c1-21-12-18-30(19-13-21)26-10-8-24(9-11-26)22(2)28-27(31)25-14-16-29(17-15-25)20-23-6-4-3-5-7-23/h3-11,21-22,25H,12-20H2,1-2H3,(H,28,31)/t22-/m1/s1. The number of anilines is 1. The van der Waals surface area contributed by atoms with Gasteiger partial charge in [-0.25, -0.2) is 0 Å². The fourth-order valence-corrected chi connectivity index (χ4v) is 4.85. The van der Waals surface area contributed by atoms with E-state index in [9.17, 15) is 4.79 Å². The number of nitrogens with one attached hydrogen (secondary N) is 1. The van der Waals surface area contributed by atoms with Crippen LogP contribution in [0.4, 0.5) is 5.69 Å². The molecule has 2 fully saturated rings. The summed E-state index contributed by atoms with van der Waals surface area (Å²) in [6.07, 6.45) is 4.44. The second-order valence-corrected chi connectivity index (χ2v) is 9.53. The summed E-state index contributed by atoms with van der Waals surface area (Å²) in [6.45, 7) is 9.70. The van der Waals surface area contributed by atoms with E-state index in [0.717, 1.165) is 51.5 Å². The lowest BCUT2D eigenvalue weighted by Crippen LogP contribution is -2.40. The topological polar surface area (TPSA) is 35.6 Å². The Balaban J connectivity index is 1.24. The molecule has 166 valence electrons. The Morgan fingerprint density at radius 3 is 2.23 bits per heavy atom. The van der Waals surface area contributed by atoms with Crippen LogP contribution in [-0.2, 0) is 11.3 Å². The molecule has 4 rings (SSSR count). The monoisotopic (exact) mass is 419 g/mol. The molecule has 0 saturated carbocycles. The fourth-order valence-electron chi connectivity index (χ4n) is 4.85. The van der Waals surface area contributed by atoms with Crippen LogP contribution in [0.1, 0.15) is 56.7 Å². The molecule has 2 aromatic carbocycles. The number of amides is 1. The lowest BCUT2D eigenvalue weighted by molar-refractivity contribution is -0.127. The highest BCUT2D eigenvalue weighted by Crippen LogP contribution is 2.25. The van der Waals surface area contributed by atoms with Crippen molar-refractivity contribution in [3.05, 3.63) is 65.7 Å². The van der Waals surface area contributed by atoms with Crippen molar-refractivity contribution in [2.24, 2.45) is 11.8 Å². The van der Waals surface area contributed by atoms with Gasteiger partial charge in [0.15, 0.2) is 0 Å². The molecule has 0 aromatic heterocycles. The van der Waals surface area contributed by atoms with Gasteiger partial charge in [0.1, 0.15) is 0 Å². The maximum atomic E-state index is 12.9. The van der Waals surface area contributed by atoms with E-state index in [1.54, 1.807) is 0 Å². The van der Waals surface area contributed by atoms with E-state index in [0.29, 0.717) is 0 Å². The summed E-state index contributed by atoms with van der Waals surface area (Å²) in [6, 6.07) is 19.4. The Morgan fingerprint density at radius 1 is 0.935 bits per heavy atom. The average molecular weight is 420 g/mol. The second-order valence-electron chi connectivity index (χ2n) is 9.53. The molecule has 1 N–H and O–H groups in total. The van der Waals surface area contributed by atoms with Crippen molar-refractivity contribution < 1.29 is 4.79 Å². The molecule has 4 nitrogen and oxygen atoms in total. The minimum atomic E-state index is 0.0466. The first-order chi connectivity index (χ1) is 15.1. The molecule has 0 spiro atoms. The van der Waals surface area contributed by atoms with E-state index in [1.807, 2.05) is 0 Å². The first-order valence-corrected chi connectivity index (χ1v) is 12.0. The van der Waals surface area contributed by atoms with Crippen LogP contribution < -0.4 is 10.2 Å². The number of hydrogen-bond acceptors (Lipinski definition) is 3. The van der Waals surface area contributed by atoms with Gasteiger partial charge in [-0.2, -0.15) is 0 Å². The maximum absolute atomic E-state index is 12.9. The van der Waals surface area contributed by atoms with Gasteiger partial charge in [-0.1, -0.05) is 49.4 Å². The summed E-state index contributed by atoms with van der Waals surface area (Å²) >= 11 is 0. The zero-order valence-corrected chi connectivity index (χ0v) is 19.1. The number of benzene rings is 2. The summed E-state index contributed by atoms with van der Waals surface area (Å²) in [5, 5.41) is 3.26. The number of nitrogens with zero attached hydrogens (tertiary/aromatic N) is 2. The summed E-state index contributed by atoms with van der Waals surface area (Å²) in [4.78, 5) is 17.8. The van der Waals surface area contributed by atoms with Gasteiger partial charge in [0.05, 0.1) is 6.04 Å². The lowest BCUT2D eigenvalue weighted by atomic mass is 9.94. The van der Waals surface area contributed by atoms with Crippen LogP contribution >= 0.6 is 0 Å². The molecule has 0 radical (unpaired) electrons. The number of carbonyl (C=O) groups excluding carboxylic acids is 1. The number of carbonyl (C=O) groups is 1. The maximum Gasteiger partial charge on any atom is 0.223 e. The number of piperidine rings is 2. The van der Waals surface area contributed by atoms with Crippen molar-refractivity contribution in [1.29, 1.82) is 0 Å². The zero-order valence-electron chi connectivity index (χ0n) is 19.1. The summed E-state index contributed by atoms with van der Waals surface area (Å²) in [7, 11) is 0. The van der Waals surface area contributed by atoms with Crippen LogP contribution in [-0.4, -0.2) is 37.0 Å². The molecule has 2 heterocycles. The second kappa shape index (κ2) is 10.3. The highest BCUT2D eigenvalue weighted by atomic mass is 16.1. The molecular weight excluding hydrogens is 382 g/mol. The van der Waals surface area contributed by atoms with Crippen LogP contribution in [0.25, 0.3) is 0 Å². The summed E-state index contributed by atoms with van der Waals surface area (Å²) in [5.74, 6) is 1.18. The Bertz CT molecular complexity index is 819. The minimum absolute atomic E-state index is 0.0466. The Kier molecular flexibility index (Phi) is 7.29. The van der Waals surface area contributed by atoms with E-state index in [-0.39, 0.29) is 17.9 Å². The summed E-state index contributed by atoms with van der Waals surface area (Å²) in [5.41, 5.74) is 3.84. The Labute approximate surface area is 187 Å². The molecule has 2 aliphatic heterocycles. The SMILES string of the molecule is CC1CCN(c2ccc([C@@H](C)NC(=O)C3CCN(Cc4ccccc4)CC3)cc2)CC1. The Morgan fingerprint density at radius 2 is 1.58 bits per heavy atom. The Hall–Kier alpha value is -2.33. The first-order valence-electron chi connectivity index (χ1n) is 12.0. The first kappa shape index (κ1) is 21.9. The van der Waals surface area contributed by atoms with Crippen LogP contribution in [0.2, 0.25) is 0 Å². The van der Waals surface area contributed by atoms with E-state index in [1.165, 1.54) is 29.7 Å². The van der Waals surface area contributed by atoms with Gasteiger partial charge in [-0.05, 0) is 74.9 Å². The largest absolute Gasteiger partial charge is 0.372 e. The van der Waals surface area contributed by atoms with Crippen molar-refractivity contribution in [3.8, 4) is 0 Å². The number of rotatable bonds is 6. The molecule has 0 aliphatic carbocycles. The molecule has 0 unspecified atom stereocenters. The average Bonchev–Trinajstić information content (AvgIpc) is 2.81. The van der Waals surface area contributed by atoms with Gasteiger partial charge in [0, 0.05) is 31.2 Å². The third-order valence-electron chi connectivity index (χ3n) is 7.11. The highest BCUT2D eigenvalue weighted by molar-refractivity contribution is 5.79. The van der Waals surface area contributed by atoms with Gasteiger partial charge in [-0.3, -0.25) is 9.69 Å². The quantitative estimate of drug-likeness (QED) is 0.715. The van der Waals surface area contributed by atoms with Gasteiger partial charge in [-0.15, -0.1) is 0 Å². The molecule has 1 amide bonds. The molecule has 2 aliphatic rings. The third-order valence-corrected chi connectivity index (χ3v) is 7.11. The van der Waals surface area contributed by atoms with Crippen LogP contribution in [0.3, 0.4) is 0 Å². The van der Waals surface area contributed by atoms with Crippen molar-refractivity contribution in [1.82, 2.24) is 10.2 Å². The van der Waals surface area contributed by atoms with Crippen LogP contribution in [0.5, 0.6) is 0 Å². The normalized spacial score (nSPS) is 19.9. The summed E-state index contributed by atoms with van der Waals surface area (Å²) < 4.78 is 0. The molecule has 0 bridgehead atoms. The van der Waals surface area contributed by atoms with Gasteiger partial charge in [0.25, 0.3) is 0 Å². The van der Waals surface area contributed by atoms with Crippen molar-refractivity contribution in [3.63, 3.8) is 0 Å². The predicted octanol–water partition coefficient (Wildman–Crippen LogP) is 5.01. The molecule has 2 aromatic rings. The van der Waals surface area contributed by atoms with Crippen molar-refractivity contribution >= 4 is 11.6 Å². The lowest BCUT2D eigenvalue weighted by Gasteiger charge is -2.32. The number of likely N-dealkylation sites (tertiary alicyclic amines) is 1. The van der Waals surface area contributed by atoms with Gasteiger partial charge >= 0.3 is 0 Å². The van der Waals surface area contributed by atoms with Gasteiger partial charge in [0.2, 0.25) is 5.91 Å². The molecular formula is C27H37N3O. The van der Waals surface area contributed by atoms with Gasteiger partial charge < -0.3 is 10.2 Å². The van der Waals surface area contributed by atoms with E-state index in [2.05, 4.69) is 83.6 Å². The molecule has 1 atom stereocenters. The minimum Gasteiger partial charge on any atom is -0.372 e. The van der Waals surface area contributed by atoms with E-state index < -0.39 is 0 Å². The predicted molar refractivity (Wildman–Crippen MR) is 128 cm³/mol. The van der Waals surface area contributed by atoms with Crippen LogP contribution in [0, 0.1) is 11.8 Å². The highest BCUT2D eigenvalue weighted by Gasteiger charge is 2.26. The smallest absolute Gasteiger partial charge is 0.223 e. The van der Waals surface area contributed by atoms with E-state index >= 15 is 0 Å². The van der Waals surface area contributed by atoms with Crippen molar-refractivity contribution in [2.75, 3.05) is 31.1 Å². The van der Waals surface area contributed by atoms with Crippen LogP contribution in [0.15, 0.2) is 54.6 Å². The molecule has 2 saturated heterocycles.